The molecule has 0 radical (unpaired) electrons. The lowest BCUT2D eigenvalue weighted by atomic mass is 9.91. The summed E-state index contributed by atoms with van der Waals surface area (Å²) in [6.45, 7) is 1.10. The first-order valence-corrected chi connectivity index (χ1v) is 10.3. The highest BCUT2D eigenvalue weighted by Gasteiger charge is 2.24. The molecule has 0 aliphatic heterocycles. The minimum atomic E-state index is 0.0787. The molecule has 0 unspecified atom stereocenters. The second kappa shape index (κ2) is 9.58. The van der Waals surface area contributed by atoms with Gasteiger partial charge in [0.05, 0.1) is 24.5 Å². The van der Waals surface area contributed by atoms with E-state index >= 15 is 0 Å². The second-order valence-corrected chi connectivity index (χ2v) is 7.91. The first-order valence-electron chi connectivity index (χ1n) is 10.3. The van der Waals surface area contributed by atoms with Gasteiger partial charge >= 0.3 is 0 Å². The molecule has 1 amide bonds. The van der Waals surface area contributed by atoms with Crippen LogP contribution < -0.4 is 5.32 Å². The molecule has 156 valence electrons. The Bertz CT molecular complexity index is 936. The molecule has 8 nitrogen and oxygen atoms in total. The maximum Gasteiger partial charge on any atom is 0.234 e. The van der Waals surface area contributed by atoms with Crippen molar-refractivity contribution in [2.45, 2.75) is 44.3 Å². The van der Waals surface area contributed by atoms with Gasteiger partial charge in [-0.1, -0.05) is 6.07 Å². The van der Waals surface area contributed by atoms with E-state index in [0.717, 1.165) is 42.5 Å². The number of hydrogen-bond donors (Lipinski definition) is 1. The Morgan fingerprint density at radius 2 is 2.03 bits per heavy atom. The number of carbonyl (C=O) groups is 1. The van der Waals surface area contributed by atoms with E-state index in [4.69, 9.17) is 0 Å². The molecule has 0 saturated heterocycles. The highest BCUT2D eigenvalue weighted by Crippen LogP contribution is 2.29. The summed E-state index contributed by atoms with van der Waals surface area (Å²) in [7, 11) is 1.95. The van der Waals surface area contributed by atoms with Crippen LogP contribution in [0.1, 0.15) is 37.3 Å². The highest BCUT2D eigenvalue weighted by molar-refractivity contribution is 5.78. The van der Waals surface area contributed by atoms with Gasteiger partial charge in [-0.3, -0.25) is 19.4 Å². The molecule has 1 aliphatic rings. The van der Waals surface area contributed by atoms with E-state index in [0.29, 0.717) is 19.1 Å². The van der Waals surface area contributed by atoms with Crippen LogP contribution in [0.25, 0.3) is 11.3 Å². The average molecular weight is 406 g/mol. The molecule has 0 spiro atoms. The Morgan fingerprint density at radius 1 is 1.17 bits per heavy atom. The SMILES string of the molecule is CN(CC(=O)NC1CCC(n2cc(-c3ccncn3)cn2)CC1)Cc1cccnc1. The molecule has 0 aromatic carbocycles. The monoisotopic (exact) mass is 405 g/mol. The maximum atomic E-state index is 12.4. The van der Waals surface area contributed by atoms with Crippen LogP contribution in [0.15, 0.2) is 55.5 Å². The zero-order valence-electron chi connectivity index (χ0n) is 17.2. The first-order chi connectivity index (χ1) is 14.7. The maximum absolute atomic E-state index is 12.4. The van der Waals surface area contributed by atoms with E-state index in [-0.39, 0.29) is 11.9 Å². The van der Waals surface area contributed by atoms with E-state index in [1.165, 1.54) is 0 Å². The van der Waals surface area contributed by atoms with Crippen LogP contribution >= 0.6 is 0 Å². The van der Waals surface area contributed by atoms with E-state index in [1.54, 1.807) is 18.7 Å². The quantitative estimate of drug-likeness (QED) is 0.650. The highest BCUT2D eigenvalue weighted by atomic mass is 16.2. The molecule has 1 N–H and O–H groups in total. The second-order valence-electron chi connectivity index (χ2n) is 7.91. The predicted molar refractivity (Wildman–Crippen MR) is 113 cm³/mol. The average Bonchev–Trinajstić information content (AvgIpc) is 3.26. The lowest BCUT2D eigenvalue weighted by Crippen LogP contribution is -2.42. The van der Waals surface area contributed by atoms with Gasteiger partial charge in [-0.2, -0.15) is 5.10 Å². The molecule has 3 aromatic heterocycles. The van der Waals surface area contributed by atoms with Crippen molar-refractivity contribution in [3.8, 4) is 11.3 Å². The van der Waals surface area contributed by atoms with Crippen LogP contribution in [0.4, 0.5) is 0 Å². The van der Waals surface area contributed by atoms with Crippen molar-refractivity contribution in [3.05, 3.63) is 61.1 Å². The summed E-state index contributed by atoms with van der Waals surface area (Å²) in [5.74, 6) is 0.0787. The molecule has 30 heavy (non-hydrogen) atoms. The molecular formula is C22H27N7O. The first kappa shape index (κ1) is 20.2. The van der Waals surface area contributed by atoms with Gasteiger partial charge in [-0.05, 0) is 50.4 Å². The van der Waals surface area contributed by atoms with E-state index in [2.05, 4.69) is 31.6 Å². The predicted octanol–water partition coefficient (Wildman–Crippen LogP) is 2.47. The van der Waals surface area contributed by atoms with Gasteiger partial charge < -0.3 is 5.32 Å². The van der Waals surface area contributed by atoms with Crippen molar-refractivity contribution in [2.75, 3.05) is 13.6 Å². The number of amides is 1. The van der Waals surface area contributed by atoms with Crippen molar-refractivity contribution in [1.82, 2.24) is 34.9 Å². The molecule has 1 aliphatic carbocycles. The Balaban J connectivity index is 1.23. The van der Waals surface area contributed by atoms with Crippen molar-refractivity contribution in [1.29, 1.82) is 0 Å². The molecule has 0 bridgehead atoms. The zero-order chi connectivity index (χ0) is 20.8. The van der Waals surface area contributed by atoms with Gasteiger partial charge in [0, 0.05) is 42.9 Å². The summed E-state index contributed by atoms with van der Waals surface area (Å²) < 4.78 is 2.04. The fourth-order valence-electron chi connectivity index (χ4n) is 3.99. The normalized spacial score (nSPS) is 19.0. The van der Waals surface area contributed by atoms with Crippen LogP contribution in [-0.4, -0.2) is 55.2 Å². The third-order valence-corrected chi connectivity index (χ3v) is 5.50. The van der Waals surface area contributed by atoms with Crippen LogP contribution in [0, 0.1) is 0 Å². The Hall–Kier alpha value is -3.13. The summed E-state index contributed by atoms with van der Waals surface area (Å²) >= 11 is 0. The van der Waals surface area contributed by atoms with Gasteiger partial charge in [0.15, 0.2) is 0 Å². The van der Waals surface area contributed by atoms with Crippen LogP contribution in [0.5, 0.6) is 0 Å². The van der Waals surface area contributed by atoms with Gasteiger partial charge in [0.25, 0.3) is 0 Å². The van der Waals surface area contributed by atoms with E-state index in [9.17, 15) is 4.79 Å². The summed E-state index contributed by atoms with van der Waals surface area (Å²) in [5, 5.41) is 7.73. The molecule has 8 heteroatoms. The van der Waals surface area contributed by atoms with E-state index < -0.39 is 0 Å². The van der Waals surface area contributed by atoms with Crippen LogP contribution in [-0.2, 0) is 11.3 Å². The van der Waals surface area contributed by atoms with Crippen LogP contribution in [0.3, 0.4) is 0 Å². The number of nitrogens with one attached hydrogen (secondary N) is 1. The van der Waals surface area contributed by atoms with Crippen molar-refractivity contribution >= 4 is 5.91 Å². The molecule has 1 saturated carbocycles. The largest absolute Gasteiger partial charge is 0.352 e. The number of rotatable bonds is 7. The fraction of sp³-hybridized carbons (Fsp3) is 0.409. The standard InChI is InChI=1S/C22H27N7O/c1-28(13-17-3-2-9-23-11-17)15-22(30)27-19-4-6-20(7-5-19)29-14-18(12-26-29)21-8-10-24-16-25-21/h2-3,8-12,14,16,19-20H,4-7,13,15H2,1H3,(H,27,30). The summed E-state index contributed by atoms with van der Waals surface area (Å²) in [4.78, 5) is 26.8. The number of pyridine rings is 1. The van der Waals surface area contributed by atoms with Crippen molar-refractivity contribution < 1.29 is 4.79 Å². The number of likely N-dealkylation sites (N-methyl/N-ethyl adjacent to an activating group) is 1. The Labute approximate surface area is 176 Å². The van der Waals surface area contributed by atoms with Gasteiger partial charge in [-0.15, -0.1) is 0 Å². The lowest BCUT2D eigenvalue weighted by Gasteiger charge is -2.29. The third-order valence-electron chi connectivity index (χ3n) is 5.50. The number of nitrogens with zero attached hydrogens (tertiary/aromatic N) is 6. The fourth-order valence-corrected chi connectivity index (χ4v) is 3.99. The van der Waals surface area contributed by atoms with Crippen LogP contribution in [0.2, 0.25) is 0 Å². The van der Waals surface area contributed by atoms with Gasteiger partial charge in [0.2, 0.25) is 5.91 Å². The summed E-state index contributed by atoms with van der Waals surface area (Å²) in [6.07, 6.45) is 14.7. The molecule has 0 atom stereocenters. The van der Waals surface area contributed by atoms with Gasteiger partial charge in [-0.25, -0.2) is 9.97 Å². The minimum absolute atomic E-state index is 0.0787. The van der Waals surface area contributed by atoms with Gasteiger partial charge in [0.1, 0.15) is 6.33 Å². The van der Waals surface area contributed by atoms with Crippen molar-refractivity contribution in [3.63, 3.8) is 0 Å². The topological polar surface area (TPSA) is 88.8 Å². The van der Waals surface area contributed by atoms with Crippen molar-refractivity contribution in [2.24, 2.45) is 0 Å². The third kappa shape index (κ3) is 5.27. The summed E-state index contributed by atoms with van der Waals surface area (Å²) in [5.41, 5.74) is 2.99. The molecular weight excluding hydrogens is 378 g/mol. The molecule has 1 fully saturated rings. The lowest BCUT2D eigenvalue weighted by molar-refractivity contribution is -0.123. The molecule has 3 heterocycles. The summed E-state index contributed by atoms with van der Waals surface area (Å²) in [6, 6.07) is 6.42. The zero-order valence-corrected chi connectivity index (χ0v) is 17.2. The minimum Gasteiger partial charge on any atom is -0.352 e. The smallest absolute Gasteiger partial charge is 0.234 e. The Kier molecular flexibility index (Phi) is 6.44. The number of aromatic nitrogens is 5. The van der Waals surface area contributed by atoms with E-state index in [1.807, 2.05) is 47.2 Å². The molecule has 3 aromatic rings. The Morgan fingerprint density at radius 3 is 2.77 bits per heavy atom. The number of hydrogen-bond acceptors (Lipinski definition) is 6. The molecule has 4 rings (SSSR count). The number of carbonyl (C=O) groups excluding carboxylic acids is 1.